The lowest BCUT2D eigenvalue weighted by molar-refractivity contribution is -0.116. The van der Waals surface area contributed by atoms with Crippen molar-refractivity contribution in [3.05, 3.63) is 17.7 Å². The largest absolute Gasteiger partial charge is 0.489 e. The van der Waals surface area contributed by atoms with Crippen molar-refractivity contribution < 1.29 is 19.0 Å². The molecule has 1 aromatic carbocycles. The zero-order chi connectivity index (χ0) is 14.4. The van der Waals surface area contributed by atoms with Crippen molar-refractivity contribution in [1.29, 1.82) is 0 Å². The van der Waals surface area contributed by atoms with Crippen molar-refractivity contribution in [2.45, 2.75) is 12.8 Å². The van der Waals surface area contributed by atoms with Crippen LogP contribution in [0.25, 0.3) is 0 Å². The molecule has 6 heteroatoms. The summed E-state index contributed by atoms with van der Waals surface area (Å²) in [6, 6.07) is 3.63. The Kier molecular flexibility index (Phi) is 5.20. The fourth-order valence-electron chi connectivity index (χ4n) is 2.01. The molecule has 0 spiro atoms. The minimum atomic E-state index is 0.0242. The highest BCUT2D eigenvalue weighted by Gasteiger charge is 2.17. The fraction of sp³-hybridized carbons (Fsp3) is 0.500. The molecule has 1 aliphatic rings. The molecule has 0 unspecified atom stereocenters. The fourth-order valence-corrected chi connectivity index (χ4v) is 2.01. The third-order valence-electron chi connectivity index (χ3n) is 3.05. The minimum Gasteiger partial charge on any atom is -0.489 e. The van der Waals surface area contributed by atoms with Gasteiger partial charge in [-0.05, 0) is 18.1 Å². The van der Waals surface area contributed by atoms with E-state index in [9.17, 15) is 4.79 Å². The lowest BCUT2D eigenvalue weighted by atomic mass is 10.0. The van der Waals surface area contributed by atoms with E-state index in [4.69, 9.17) is 19.9 Å². The molecule has 0 atom stereocenters. The molecule has 6 nitrogen and oxygen atoms in total. The maximum absolute atomic E-state index is 11.4. The van der Waals surface area contributed by atoms with Crippen molar-refractivity contribution >= 4 is 17.3 Å². The third-order valence-corrected chi connectivity index (χ3v) is 3.05. The van der Waals surface area contributed by atoms with Gasteiger partial charge in [-0.15, -0.1) is 0 Å². The van der Waals surface area contributed by atoms with Gasteiger partial charge in [-0.25, -0.2) is 0 Å². The molecular weight excluding hydrogens is 260 g/mol. The van der Waals surface area contributed by atoms with E-state index in [0.717, 1.165) is 11.3 Å². The first kappa shape index (κ1) is 14.6. The molecule has 1 aromatic rings. The van der Waals surface area contributed by atoms with Crippen LogP contribution in [0.5, 0.6) is 5.75 Å². The Morgan fingerprint density at radius 2 is 2.00 bits per heavy atom. The van der Waals surface area contributed by atoms with E-state index in [1.54, 1.807) is 13.2 Å². The highest BCUT2D eigenvalue weighted by atomic mass is 16.5. The molecule has 0 saturated heterocycles. The number of hydrogen-bond acceptors (Lipinski definition) is 5. The number of fused-ring (bicyclic) bond motifs is 1. The molecule has 3 N–H and O–H groups in total. The second-order valence-electron chi connectivity index (χ2n) is 4.55. The Bertz CT molecular complexity index is 476. The number of amides is 1. The number of anilines is 2. The molecule has 1 amide bonds. The summed E-state index contributed by atoms with van der Waals surface area (Å²) in [5.41, 5.74) is 8.35. The second-order valence-corrected chi connectivity index (χ2v) is 4.55. The minimum absolute atomic E-state index is 0.0242. The molecule has 0 fully saturated rings. The Morgan fingerprint density at radius 1 is 1.20 bits per heavy atom. The SMILES string of the molecule is COCCOCCOc1cc2c(cc1N)CCC(=O)N2. The van der Waals surface area contributed by atoms with Crippen LogP contribution in [0, 0.1) is 0 Å². The number of rotatable bonds is 7. The number of nitrogen functional groups attached to an aromatic ring is 1. The number of hydrogen-bond donors (Lipinski definition) is 2. The van der Waals surface area contributed by atoms with Crippen LogP contribution in [-0.2, 0) is 20.7 Å². The summed E-state index contributed by atoms with van der Waals surface area (Å²) < 4.78 is 15.8. The number of nitrogens with one attached hydrogen (secondary N) is 1. The summed E-state index contributed by atoms with van der Waals surface area (Å²) in [5.74, 6) is 0.595. The molecule has 0 aliphatic carbocycles. The zero-order valence-corrected chi connectivity index (χ0v) is 11.6. The van der Waals surface area contributed by atoms with Gasteiger partial charge < -0.3 is 25.3 Å². The van der Waals surface area contributed by atoms with Crippen molar-refractivity contribution in [2.75, 3.05) is 44.6 Å². The van der Waals surface area contributed by atoms with Gasteiger partial charge in [-0.3, -0.25) is 4.79 Å². The molecule has 110 valence electrons. The summed E-state index contributed by atoms with van der Waals surface area (Å²) in [4.78, 5) is 11.4. The topological polar surface area (TPSA) is 82.8 Å². The van der Waals surface area contributed by atoms with Crippen LogP contribution in [0.2, 0.25) is 0 Å². The van der Waals surface area contributed by atoms with Crippen molar-refractivity contribution in [3.8, 4) is 5.75 Å². The zero-order valence-electron chi connectivity index (χ0n) is 11.6. The van der Waals surface area contributed by atoms with E-state index in [2.05, 4.69) is 5.32 Å². The van der Waals surface area contributed by atoms with Crippen molar-refractivity contribution in [1.82, 2.24) is 0 Å². The third kappa shape index (κ3) is 3.85. The average molecular weight is 280 g/mol. The summed E-state index contributed by atoms with van der Waals surface area (Å²) in [5, 5.41) is 2.82. The van der Waals surface area contributed by atoms with E-state index in [1.807, 2.05) is 6.07 Å². The molecule has 2 rings (SSSR count). The van der Waals surface area contributed by atoms with Gasteiger partial charge in [0, 0.05) is 25.3 Å². The molecule has 0 bridgehead atoms. The highest BCUT2D eigenvalue weighted by Crippen LogP contribution is 2.32. The molecule has 1 aliphatic heterocycles. The summed E-state index contributed by atoms with van der Waals surface area (Å²) >= 11 is 0. The number of carbonyl (C=O) groups is 1. The van der Waals surface area contributed by atoms with Gasteiger partial charge >= 0.3 is 0 Å². The van der Waals surface area contributed by atoms with Crippen LogP contribution in [0.3, 0.4) is 0 Å². The predicted octanol–water partition coefficient (Wildman–Crippen LogP) is 1.20. The van der Waals surface area contributed by atoms with Gasteiger partial charge in [0.25, 0.3) is 0 Å². The predicted molar refractivity (Wildman–Crippen MR) is 76.0 cm³/mol. The Morgan fingerprint density at radius 3 is 2.80 bits per heavy atom. The normalized spacial score (nSPS) is 13.8. The standard InChI is InChI=1S/C14H20N2O4/c1-18-4-5-19-6-7-20-13-9-12-10(8-11(13)15)2-3-14(17)16-12/h8-9H,2-7,15H2,1H3,(H,16,17). The van der Waals surface area contributed by atoms with E-state index in [-0.39, 0.29) is 5.91 Å². The number of aryl methyl sites for hydroxylation is 1. The molecular formula is C14H20N2O4. The summed E-state index contributed by atoms with van der Waals surface area (Å²) in [7, 11) is 1.63. The van der Waals surface area contributed by atoms with E-state index >= 15 is 0 Å². The van der Waals surface area contributed by atoms with Gasteiger partial charge in [-0.1, -0.05) is 0 Å². The summed E-state index contributed by atoms with van der Waals surface area (Å²) in [6.07, 6.45) is 1.21. The maximum Gasteiger partial charge on any atom is 0.224 e. The average Bonchev–Trinajstić information content (AvgIpc) is 2.43. The second kappa shape index (κ2) is 7.12. The molecule has 0 saturated carbocycles. The first-order chi connectivity index (χ1) is 9.70. The van der Waals surface area contributed by atoms with Gasteiger partial charge in [-0.2, -0.15) is 0 Å². The van der Waals surface area contributed by atoms with Crippen LogP contribution in [0.1, 0.15) is 12.0 Å². The molecule has 20 heavy (non-hydrogen) atoms. The Balaban J connectivity index is 1.88. The maximum atomic E-state index is 11.4. The number of methoxy groups -OCH3 is 1. The van der Waals surface area contributed by atoms with Gasteiger partial charge in [0.05, 0.1) is 25.5 Å². The molecule has 0 radical (unpaired) electrons. The lowest BCUT2D eigenvalue weighted by Gasteiger charge is -2.19. The van der Waals surface area contributed by atoms with E-state index < -0.39 is 0 Å². The van der Waals surface area contributed by atoms with Crippen LogP contribution < -0.4 is 15.8 Å². The van der Waals surface area contributed by atoms with E-state index in [1.165, 1.54) is 0 Å². The first-order valence-electron chi connectivity index (χ1n) is 6.62. The smallest absolute Gasteiger partial charge is 0.224 e. The van der Waals surface area contributed by atoms with Crippen molar-refractivity contribution in [3.63, 3.8) is 0 Å². The number of ether oxygens (including phenoxy) is 3. The van der Waals surface area contributed by atoms with E-state index in [0.29, 0.717) is 50.7 Å². The van der Waals surface area contributed by atoms with Crippen LogP contribution in [0.15, 0.2) is 12.1 Å². The van der Waals surface area contributed by atoms with Crippen LogP contribution in [0.4, 0.5) is 11.4 Å². The monoisotopic (exact) mass is 280 g/mol. The van der Waals surface area contributed by atoms with Gasteiger partial charge in [0.1, 0.15) is 12.4 Å². The Hall–Kier alpha value is -1.79. The molecule has 0 aromatic heterocycles. The number of carbonyl (C=O) groups excluding carboxylic acids is 1. The van der Waals surface area contributed by atoms with Crippen molar-refractivity contribution in [2.24, 2.45) is 0 Å². The number of nitrogens with two attached hydrogens (primary N) is 1. The lowest BCUT2D eigenvalue weighted by Crippen LogP contribution is -2.19. The quantitative estimate of drug-likeness (QED) is 0.579. The number of benzene rings is 1. The van der Waals surface area contributed by atoms with Crippen LogP contribution in [-0.4, -0.2) is 39.4 Å². The van der Waals surface area contributed by atoms with Gasteiger partial charge in [0.2, 0.25) is 5.91 Å². The Labute approximate surface area is 118 Å². The highest BCUT2D eigenvalue weighted by molar-refractivity contribution is 5.94. The van der Waals surface area contributed by atoms with Crippen LogP contribution >= 0.6 is 0 Å². The molecule has 1 heterocycles. The van der Waals surface area contributed by atoms with Gasteiger partial charge in [0.15, 0.2) is 0 Å². The summed E-state index contributed by atoms with van der Waals surface area (Å²) in [6.45, 7) is 1.97. The first-order valence-corrected chi connectivity index (χ1v) is 6.62.